The van der Waals surface area contributed by atoms with Gasteiger partial charge in [0.05, 0.1) is 29.8 Å². The highest BCUT2D eigenvalue weighted by Gasteiger charge is 2.26. The lowest BCUT2D eigenvalue weighted by Gasteiger charge is -2.38. The zero-order valence-electron chi connectivity index (χ0n) is 13.4. The lowest BCUT2D eigenvalue weighted by atomic mass is 10.2. The van der Waals surface area contributed by atoms with Crippen LogP contribution in [0.15, 0.2) is 12.2 Å². The predicted molar refractivity (Wildman–Crippen MR) is 82.4 cm³/mol. The molecule has 0 atom stereocenters. The lowest BCUT2D eigenvalue weighted by Crippen LogP contribution is -2.56. The number of quaternary nitrogens is 1. The molecule has 0 heterocycles. The number of hydrogen-bond acceptors (Lipinski definition) is 4. The van der Waals surface area contributed by atoms with Crippen molar-refractivity contribution in [3.05, 3.63) is 12.2 Å². The van der Waals surface area contributed by atoms with E-state index in [1.54, 1.807) is 6.92 Å². The van der Waals surface area contributed by atoms with Gasteiger partial charge in [0.25, 0.3) is 5.91 Å². The highest BCUT2D eigenvalue weighted by atomic mass is 32.2. The standard InChI is InChI=1S/C14H28N2O4S/c1-5-8-16(9-6-2,10-7-11-21(18,19)20)12-15-14(17)13(3)4/h3,5-12H2,1-2,4H3,(H-,15,17,18,19,20). The third kappa shape index (κ3) is 8.85. The van der Waals surface area contributed by atoms with Gasteiger partial charge in [-0.1, -0.05) is 20.4 Å². The summed E-state index contributed by atoms with van der Waals surface area (Å²) < 4.78 is 32.8. The van der Waals surface area contributed by atoms with Crippen molar-refractivity contribution in [3.63, 3.8) is 0 Å². The van der Waals surface area contributed by atoms with E-state index in [1.165, 1.54) is 0 Å². The number of carbonyl (C=O) groups excluding carboxylic acids is 1. The molecule has 0 aromatic carbocycles. The molecule has 1 N–H and O–H groups in total. The second kappa shape index (κ2) is 9.17. The van der Waals surface area contributed by atoms with Crippen LogP contribution in [0, 0.1) is 0 Å². The fourth-order valence-corrected chi connectivity index (χ4v) is 2.97. The zero-order valence-corrected chi connectivity index (χ0v) is 14.2. The summed E-state index contributed by atoms with van der Waals surface area (Å²) in [5, 5.41) is 2.85. The van der Waals surface area contributed by atoms with Crippen LogP contribution in [-0.4, -0.2) is 55.4 Å². The number of carbonyl (C=O) groups is 1. The first kappa shape index (κ1) is 20.1. The minimum Gasteiger partial charge on any atom is -0.748 e. The fraction of sp³-hybridized carbons (Fsp3) is 0.786. The topological polar surface area (TPSA) is 86.3 Å². The Labute approximate surface area is 128 Å². The Bertz CT molecular complexity index is 440. The number of rotatable bonds is 11. The molecular weight excluding hydrogens is 292 g/mol. The number of amides is 1. The third-order valence-corrected chi connectivity index (χ3v) is 4.17. The summed E-state index contributed by atoms with van der Waals surface area (Å²) in [4.78, 5) is 11.7. The van der Waals surface area contributed by atoms with E-state index in [-0.39, 0.29) is 11.7 Å². The van der Waals surface area contributed by atoms with Crippen LogP contribution in [0.5, 0.6) is 0 Å². The normalized spacial score (nSPS) is 12.2. The van der Waals surface area contributed by atoms with E-state index in [2.05, 4.69) is 11.9 Å². The van der Waals surface area contributed by atoms with E-state index in [0.717, 1.165) is 25.9 Å². The van der Waals surface area contributed by atoms with Crippen molar-refractivity contribution in [1.82, 2.24) is 5.32 Å². The van der Waals surface area contributed by atoms with E-state index in [9.17, 15) is 17.8 Å². The van der Waals surface area contributed by atoms with Crippen LogP contribution in [-0.2, 0) is 14.9 Å². The van der Waals surface area contributed by atoms with Gasteiger partial charge in [0.2, 0.25) is 0 Å². The molecule has 0 fully saturated rings. The van der Waals surface area contributed by atoms with Crippen LogP contribution in [0.25, 0.3) is 0 Å². The molecule has 0 aliphatic rings. The highest BCUT2D eigenvalue weighted by molar-refractivity contribution is 7.85. The second-order valence-corrected chi connectivity index (χ2v) is 7.10. The molecule has 6 nitrogen and oxygen atoms in total. The molecule has 0 aromatic rings. The molecular formula is C14H28N2O4S. The van der Waals surface area contributed by atoms with E-state index in [4.69, 9.17) is 0 Å². The van der Waals surface area contributed by atoms with Gasteiger partial charge in [0, 0.05) is 17.7 Å². The Morgan fingerprint density at radius 2 is 1.71 bits per heavy atom. The van der Waals surface area contributed by atoms with Gasteiger partial charge in [0.15, 0.2) is 6.67 Å². The van der Waals surface area contributed by atoms with Gasteiger partial charge >= 0.3 is 0 Å². The van der Waals surface area contributed by atoms with Crippen LogP contribution < -0.4 is 5.32 Å². The van der Waals surface area contributed by atoms with Crippen molar-refractivity contribution in [3.8, 4) is 0 Å². The summed E-state index contributed by atoms with van der Waals surface area (Å²) in [5.41, 5.74) is 0.447. The average molecular weight is 320 g/mol. The van der Waals surface area contributed by atoms with Crippen molar-refractivity contribution in [2.75, 3.05) is 32.1 Å². The minimum absolute atomic E-state index is 0.193. The highest BCUT2D eigenvalue weighted by Crippen LogP contribution is 2.11. The van der Waals surface area contributed by atoms with Gasteiger partial charge in [-0.15, -0.1) is 0 Å². The summed E-state index contributed by atoms with van der Waals surface area (Å²) in [5.74, 6) is -0.546. The number of hydrogen-bond donors (Lipinski definition) is 1. The van der Waals surface area contributed by atoms with Crippen LogP contribution >= 0.6 is 0 Å². The van der Waals surface area contributed by atoms with E-state index in [0.29, 0.717) is 29.7 Å². The van der Waals surface area contributed by atoms with Gasteiger partial charge in [-0.3, -0.25) is 4.79 Å². The monoisotopic (exact) mass is 320 g/mol. The molecule has 0 aromatic heterocycles. The molecule has 0 saturated heterocycles. The smallest absolute Gasteiger partial charge is 0.250 e. The van der Waals surface area contributed by atoms with Gasteiger partial charge in [-0.25, -0.2) is 8.42 Å². The molecule has 0 aliphatic carbocycles. The Morgan fingerprint density at radius 1 is 1.19 bits per heavy atom. The van der Waals surface area contributed by atoms with Gasteiger partial charge in [-0.2, -0.15) is 0 Å². The average Bonchev–Trinajstić information content (AvgIpc) is 2.34. The van der Waals surface area contributed by atoms with E-state index >= 15 is 0 Å². The first-order valence-electron chi connectivity index (χ1n) is 7.38. The first-order valence-corrected chi connectivity index (χ1v) is 8.96. The molecule has 0 unspecified atom stereocenters. The van der Waals surface area contributed by atoms with Crippen LogP contribution in [0.2, 0.25) is 0 Å². The Balaban J connectivity index is 4.79. The Hall–Kier alpha value is -0.920. The van der Waals surface area contributed by atoms with Crippen molar-refractivity contribution in [2.24, 2.45) is 0 Å². The van der Waals surface area contributed by atoms with Crippen LogP contribution in [0.3, 0.4) is 0 Å². The molecule has 0 saturated carbocycles. The van der Waals surface area contributed by atoms with Gasteiger partial charge in [-0.05, 0) is 19.8 Å². The molecule has 21 heavy (non-hydrogen) atoms. The summed E-state index contributed by atoms with van der Waals surface area (Å²) in [6.45, 7) is 12.0. The summed E-state index contributed by atoms with van der Waals surface area (Å²) in [7, 11) is -4.18. The molecule has 7 heteroatoms. The molecule has 0 bridgehead atoms. The third-order valence-electron chi connectivity index (χ3n) is 3.39. The maximum absolute atomic E-state index is 11.7. The number of nitrogens with zero attached hydrogens (tertiary/aromatic N) is 1. The van der Waals surface area contributed by atoms with E-state index < -0.39 is 10.1 Å². The Morgan fingerprint density at radius 3 is 2.10 bits per heavy atom. The van der Waals surface area contributed by atoms with Gasteiger partial charge < -0.3 is 14.4 Å². The summed E-state index contributed by atoms with van der Waals surface area (Å²) in [6, 6.07) is 0. The molecule has 0 radical (unpaired) electrons. The SMILES string of the molecule is C=C(C)C(=O)NC[N+](CCC)(CCC)CCCS(=O)(=O)[O-]. The van der Waals surface area contributed by atoms with Crippen molar-refractivity contribution < 1.29 is 22.2 Å². The van der Waals surface area contributed by atoms with Crippen molar-refractivity contribution >= 4 is 16.0 Å². The van der Waals surface area contributed by atoms with Gasteiger partial charge in [0.1, 0.15) is 0 Å². The second-order valence-electron chi connectivity index (χ2n) is 5.57. The van der Waals surface area contributed by atoms with Crippen LogP contribution in [0.1, 0.15) is 40.0 Å². The first-order chi connectivity index (χ1) is 9.66. The lowest BCUT2D eigenvalue weighted by molar-refractivity contribution is -0.930. The number of nitrogens with one attached hydrogen (secondary N) is 1. The maximum atomic E-state index is 11.7. The van der Waals surface area contributed by atoms with Crippen molar-refractivity contribution in [1.29, 1.82) is 0 Å². The van der Waals surface area contributed by atoms with E-state index in [1.807, 2.05) is 13.8 Å². The summed E-state index contributed by atoms with van der Waals surface area (Å²) >= 11 is 0. The molecule has 0 aliphatic heterocycles. The zero-order chi connectivity index (χ0) is 16.5. The molecule has 0 spiro atoms. The minimum atomic E-state index is -4.18. The largest absolute Gasteiger partial charge is 0.748 e. The Kier molecular flexibility index (Phi) is 8.77. The maximum Gasteiger partial charge on any atom is 0.250 e. The molecule has 1 amide bonds. The predicted octanol–water partition coefficient (Wildman–Crippen LogP) is 1.21. The molecule has 0 rings (SSSR count). The quantitative estimate of drug-likeness (QED) is 0.268. The molecule has 124 valence electrons. The fourth-order valence-electron chi connectivity index (χ4n) is 2.49. The summed E-state index contributed by atoms with van der Waals surface area (Å²) in [6.07, 6.45) is 2.16. The van der Waals surface area contributed by atoms with Crippen molar-refractivity contribution in [2.45, 2.75) is 40.0 Å². The van der Waals surface area contributed by atoms with Crippen LogP contribution in [0.4, 0.5) is 0 Å².